The van der Waals surface area contributed by atoms with Crippen LogP contribution in [0, 0.1) is 16.0 Å². The zero-order valence-corrected chi connectivity index (χ0v) is 17.2. The largest absolute Gasteiger partial charge is 0.269 e. The summed E-state index contributed by atoms with van der Waals surface area (Å²) in [5.74, 6) is 1.36. The molecule has 25 heavy (non-hydrogen) atoms. The molecule has 1 atom stereocenters. The molecule has 0 heterocycles. The standard InChI is InChI=1S/C20H33NO2S.ClH/c1-2-3-4-5-6-7-8-9-10-12-19(17-24)15-18-13-11-14-20(16-18)21(22)23;/h11,13-14,16,19,24H,2-10,12,15,17H2,1H3;1H. The van der Waals surface area contributed by atoms with Crippen molar-refractivity contribution < 1.29 is 4.92 Å². The first-order chi connectivity index (χ1) is 11.7. The van der Waals surface area contributed by atoms with Crippen molar-refractivity contribution in [1.82, 2.24) is 0 Å². The maximum absolute atomic E-state index is 10.9. The molecule has 1 unspecified atom stereocenters. The lowest BCUT2D eigenvalue weighted by Gasteiger charge is -2.14. The molecule has 0 saturated carbocycles. The number of rotatable bonds is 14. The van der Waals surface area contributed by atoms with E-state index in [-0.39, 0.29) is 23.0 Å². The summed E-state index contributed by atoms with van der Waals surface area (Å²) in [5.41, 5.74) is 1.24. The lowest BCUT2D eigenvalue weighted by Crippen LogP contribution is -2.07. The van der Waals surface area contributed by atoms with E-state index < -0.39 is 0 Å². The molecule has 0 radical (unpaired) electrons. The minimum Gasteiger partial charge on any atom is -0.258 e. The molecule has 0 fully saturated rings. The summed E-state index contributed by atoms with van der Waals surface area (Å²) >= 11 is 4.47. The first-order valence-electron chi connectivity index (χ1n) is 9.51. The third kappa shape index (κ3) is 11.5. The van der Waals surface area contributed by atoms with Gasteiger partial charge >= 0.3 is 0 Å². The van der Waals surface area contributed by atoms with Crippen LogP contribution in [0.15, 0.2) is 24.3 Å². The summed E-state index contributed by atoms with van der Waals surface area (Å²) < 4.78 is 0. The molecule has 144 valence electrons. The summed E-state index contributed by atoms with van der Waals surface area (Å²) in [6.45, 7) is 2.26. The minimum absolute atomic E-state index is 0. The van der Waals surface area contributed by atoms with E-state index in [1.54, 1.807) is 18.2 Å². The quantitative estimate of drug-likeness (QED) is 0.161. The Morgan fingerprint density at radius 3 is 2.20 bits per heavy atom. The topological polar surface area (TPSA) is 43.1 Å². The van der Waals surface area contributed by atoms with Crippen molar-refractivity contribution >= 4 is 30.7 Å². The van der Waals surface area contributed by atoms with E-state index in [0.29, 0.717) is 5.92 Å². The monoisotopic (exact) mass is 387 g/mol. The maximum Gasteiger partial charge on any atom is 0.269 e. The lowest BCUT2D eigenvalue weighted by molar-refractivity contribution is -0.384. The Morgan fingerprint density at radius 2 is 1.64 bits per heavy atom. The summed E-state index contributed by atoms with van der Waals surface area (Å²) in [6, 6.07) is 7.02. The highest BCUT2D eigenvalue weighted by Gasteiger charge is 2.11. The number of benzene rings is 1. The molecule has 0 aromatic heterocycles. The maximum atomic E-state index is 10.9. The molecule has 0 bridgehead atoms. The van der Waals surface area contributed by atoms with Crippen molar-refractivity contribution in [2.45, 2.75) is 77.6 Å². The second-order valence-corrected chi connectivity index (χ2v) is 7.16. The summed E-state index contributed by atoms with van der Waals surface area (Å²) in [7, 11) is 0. The van der Waals surface area contributed by atoms with Crippen LogP contribution in [0.4, 0.5) is 5.69 Å². The Hall–Kier alpha value is -0.740. The van der Waals surface area contributed by atoms with Gasteiger partial charge in [0.05, 0.1) is 4.92 Å². The Morgan fingerprint density at radius 1 is 1.04 bits per heavy atom. The van der Waals surface area contributed by atoms with Crippen LogP contribution in [-0.2, 0) is 6.42 Å². The van der Waals surface area contributed by atoms with E-state index in [4.69, 9.17) is 0 Å². The van der Waals surface area contributed by atoms with Gasteiger partial charge in [0.15, 0.2) is 0 Å². The van der Waals surface area contributed by atoms with E-state index >= 15 is 0 Å². The highest BCUT2D eigenvalue weighted by Crippen LogP contribution is 2.21. The van der Waals surface area contributed by atoms with Gasteiger partial charge in [0.2, 0.25) is 0 Å². The van der Waals surface area contributed by atoms with Gasteiger partial charge in [-0.1, -0.05) is 76.8 Å². The average Bonchev–Trinajstić information content (AvgIpc) is 2.59. The number of non-ortho nitro benzene ring substituents is 1. The van der Waals surface area contributed by atoms with Gasteiger partial charge < -0.3 is 0 Å². The predicted molar refractivity (Wildman–Crippen MR) is 113 cm³/mol. The normalized spacial score (nSPS) is 11.8. The molecule has 0 saturated heterocycles. The number of hydrogen-bond acceptors (Lipinski definition) is 3. The third-order valence-electron chi connectivity index (χ3n) is 4.62. The molecule has 1 rings (SSSR count). The zero-order valence-electron chi connectivity index (χ0n) is 15.5. The number of hydrogen-bond donors (Lipinski definition) is 1. The van der Waals surface area contributed by atoms with Gasteiger partial charge in [0.1, 0.15) is 0 Å². The van der Waals surface area contributed by atoms with Crippen molar-refractivity contribution in [3.05, 3.63) is 39.9 Å². The first-order valence-corrected chi connectivity index (χ1v) is 10.1. The van der Waals surface area contributed by atoms with Gasteiger partial charge in [-0.3, -0.25) is 10.1 Å². The number of thiol groups is 1. The van der Waals surface area contributed by atoms with Crippen LogP contribution >= 0.6 is 25.0 Å². The van der Waals surface area contributed by atoms with Gasteiger partial charge in [0.25, 0.3) is 5.69 Å². The fraction of sp³-hybridized carbons (Fsp3) is 0.700. The van der Waals surface area contributed by atoms with E-state index in [2.05, 4.69) is 19.6 Å². The minimum atomic E-state index is -0.320. The number of halogens is 1. The fourth-order valence-electron chi connectivity index (χ4n) is 3.13. The van der Waals surface area contributed by atoms with Gasteiger partial charge in [-0.2, -0.15) is 12.6 Å². The van der Waals surface area contributed by atoms with Crippen LogP contribution in [0.5, 0.6) is 0 Å². The van der Waals surface area contributed by atoms with Crippen LogP contribution in [0.1, 0.15) is 76.7 Å². The molecule has 5 heteroatoms. The van der Waals surface area contributed by atoms with Crippen LogP contribution in [0.3, 0.4) is 0 Å². The Bertz CT molecular complexity index is 471. The summed E-state index contributed by atoms with van der Waals surface area (Å²) in [6.07, 6.45) is 14.1. The molecule has 0 aliphatic heterocycles. The van der Waals surface area contributed by atoms with Crippen molar-refractivity contribution in [2.75, 3.05) is 5.75 Å². The lowest BCUT2D eigenvalue weighted by atomic mass is 9.94. The number of nitro groups is 1. The highest BCUT2D eigenvalue weighted by atomic mass is 35.5. The third-order valence-corrected chi connectivity index (χ3v) is 5.14. The van der Waals surface area contributed by atoms with Gasteiger partial charge in [0, 0.05) is 12.1 Å². The smallest absolute Gasteiger partial charge is 0.258 e. The Kier molecular flexibility index (Phi) is 15.1. The average molecular weight is 388 g/mol. The van der Waals surface area contributed by atoms with Gasteiger partial charge in [-0.05, 0) is 30.1 Å². The second kappa shape index (κ2) is 15.5. The van der Waals surface area contributed by atoms with E-state index in [9.17, 15) is 10.1 Å². The van der Waals surface area contributed by atoms with Crippen LogP contribution in [0.25, 0.3) is 0 Å². The molecule has 1 aromatic carbocycles. The van der Waals surface area contributed by atoms with Gasteiger partial charge in [-0.25, -0.2) is 0 Å². The zero-order chi connectivity index (χ0) is 17.6. The van der Waals surface area contributed by atoms with Crippen LogP contribution < -0.4 is 0 Å². The molecular weight excluding hydrogens is 354 g/mol. The molecular formula is C20H34ClNO2S. The van der Waals surface area contributed by atoms with Crippen molar-refractivity contribution in [3.63, 3.8) is 0 Å². The predicted octanol–water partition coefficient (Wildman–Crippen LogP) is 7.03. The van der Waals surface area contributed by atoms with Crippen molar-refractivity contribution in [2.24, 2.45) is 5.92 Å². The SMILES string of the molecule is CCCCCCCCCCCC(CS)Cc1cccc([N+](=O)[O-])c1.Cl. The van der Waals surface area contributed by atoms with Crippen LogP contribution in [0.2, 0.25) is 0 Å². The number of unbranched alkanes of at least 4 members (excludes halogenated alkanes) is 8. The van der Waals surface area contributed by atoms with Crippen LogP contribution in [-0.4, -0.2) is 10.7 Å². The molecule has 0 aliphatic carbocycles. The summed E-state index contributed by atoms with van der Waals surface area (Å²) in [4.78, 5) is 10.5. The van der Waals surface area contributed by atoms with E-state index in [1.165, 1.54) is 64.2 Å². The Balaban J connectivity index is 0.00000576. The second-order valence-electron chi connectivity index (χ2n) is 6.80. The van der Waals surface area contributed by atoms with E-state index in [0.717, 1.165) is 17.7 Å². The first kappa shape index (κ1) is 24.3. The number of nitrogens with zero attached hydrogens (tertiary/aromatic N) is 1. The summed E-state index contributed by atoms with van der Waals surface area (Å²) in [5, 5.41) is 10.9. The molecule has 1 aromatic rings. The van der Waals surface area contributed by atoms with Gasteiger partial charge in [-0.15, -0.1) is 12.4 Å². The Labute approximate surface area is 165 Å². The number of nitro benzene ring substituents is 1. The molecule has 0 aliphatic rings. The van der Waals surface area contributed by atoms with E-state index in [1.807, 2.05) is 6.07 Å². The van der Waals surface area contributed by atoms with Crippen molar-refractivity contribution in [3.8, 4) is 0 Å². The molecule has 0 N–H and O–H groups in total. The fourth-order valence-corrected chi connectivity index (χ4v) is 3.44. The highest BCUT2D eigenvalue weighted by molar-refractivity contribution is 7.80. The van der Waals surface area contributed by atoms with Crippen molar-refractivity contribution in [1.29, 1.82) is 0 Å². The molecule has 0 amide bonds. The molecule has 3 nitrogen and oxygen atoms in total. The molecule has 0 spiro atoms.